The van der Waals surface area contributed by atoms with Crippen LogP contribution < -0.4 is 15.5 Å². The third-order valence-electron chi connectivity index (χ3n) is 6.11. The van der Waals surface area contributed by atoms with Crippen LogP contribution in [-0.4, -0.2) is 73.1 Å². The number of hydrogen-bond acceptors (Lipinski definition) is 7. The van der Waals surface area contributed by atoms with E-state index in [-0.39, 0.29) is 22.7 Å². The Hall–Kier alpha value is -4.57. The van der Waals surface area contributed by atoms with Gasteiger partial charge in [-0.05, 0) is 74.1 Å². The summed E-state index contributed by atoms with van der Waals surface area (Å²) in [4.78, 5) is 38.9. The van der Waals surface area contributed by atoms with E-state index in [2.05, 4.69) is 20.6 Å². The van der Waals surface area contributed by atoms with Gasteiger partial charge >= 0.3 is 0 Å². The minimum absolute atomic E-state index is 0.0503. The summed E-state index contributed by atoms with van der Waals surface area (Å²) in [6.07, 6.45) is 1.98. The lowest BCUT2D eigenvalue weighted by atomic mass is 10.0. The quantitative estimate of drug-likeness (QED) is 0.303. The van der Waals surface area contributed by atoms with Gasteiger partial charge in [0.2, 0.25) is 0 Å². The molecule has 9 nitrogen and oxygen atoms in total. The van der Waals surface area contributed by atoms with Crippen LogP contribution in [0.2, 0.25) is 0 Å². The van der Waals surface area contributed by atoms with Crippen molar-refractivity contribution in [1.29, 1.82) is 0 Å². The molecule has 0 saturated carbocycles. The van der Waals surface area contributed by atoms with Crippen molar-refractivity contribution >= 4 is 34.1 Å². The summed E-state index contributed by atoms with van der Waals surface area (Å²) in [5, 5.41) is 16.8. The van der Waals surface area contributed by atoms with Crippen LogP contribution >= 0.6 is 0 Å². The zero-order valence-corrected chi connectivity index (χ0v) is 22.3. The molecule has 0 spiro atoms. The molecule has 4 rings (SSSR count). The van der Waals surface area contributed by atoms with E-state index < -0.39 is 17.6 Å². The molecule has 0 bridgehead atoms. The first kappa shape index (κ1) is 27.5. The van der Waals surface area contributed by atoms with Gasteiger partial charge < -0.3 is 25.5 Å². The maximum absolute atomic E-state index is 13.5. The lowest BCUT2D eigenvalue weighted by Crippen LogP contribution is -2.32. The van der Waals surface area contributed by atoms with Crippen molar-refractivity contribution in [3.05, 3.63) is 89.1 Å². The van der Waals surface area contributed by atoms with E-state index in [4.69, 9.17) is 0 Å². The van der Waals surface area contributed by atoms with Crippen LogP contribution in [0, 0.1) is 5.82 Å². The average Bonchev–Trinajstić information content (AvgIpc) is 2.90. The highest BCUT2D eigenvalue weighted by Gasteiger charge is 2.24. The molecule has 0 aliphatic rings. The first-order valence-electron chi connectivity index (χ1n) is 12.4. The Morgan fingerprint density at radius 3 is 2.26 bits per heavy atom. The average molecular weight is 531 g/mol. The van der Waals surface area contributed by atoms with Crippen molar-refractivity contribution in [1.82, 2.24) is 20.2 Å². The second kappa shape index (κ2) is 11.9. The van der Waals surface area contributed by atoms with Crippen molar-refractivity contribution in [3.8, 4) is 5.75 Å². The predicted octanol–water partition coefficient (Wildman–Crippen LogP) is 3.68. The van der Waals surface area contributed by atoms with E-state index >= 15 is 0 Å². The highest BCUT2D eigenvalue weighted by Crippen LogP contribution is 2.30. The summed E-state index contributed by atoms with van der Waals surface area (Å²) in [5.74, 6) is -1.91. The van der Waals surface area contributed by atoms with E-state index in [9.17, 15) is 19.1 Å². The van der Waals surface area contributed by atoms with Crippen LogP contribution in [0.1, 0.15) is 32.1 Å². The zero-order valence-electron chi connectivity index (χ0n) is 22.3. The first-order chi connectivity index (χ1) is 18.6. The molecular weight excluding hydrogens is 499 g/mol. The van der Waals surface area contributed by atoms with Gasteiger partial charge in [0, 0.05) is 50.1 Å². The molecule has 0 radical (unpaired) electrons. The Kier molecular flexibility index (Phi) is 8.36. The fourth-order valence-electron chi connectivity index (χ4n) is 3.99. The molecule has 0 fully saturated rings. The van der Waals surface area contributed by atoms with Crippen molar-refractivity contribution in [2.75, 3.05) is 51.5 Å². The number of amides is 2. The van der Waals surface area contributed by atoms with E-state index in [1.54, 1.807) is 36.5 Å². The Bertz CT molecular complexity index is 1490. The molecule has 2 aromatic heterocycles. The van der Waals surface area contributed by atoms with Crippen LogP contribution in [0.5, 0.6) is 5.75 Å². The number of benzene rings is 2. The van der Waals surface area contributed by atoms with Gasteiger partial charge in [0.05, 0.1) is 0 Å². The summed E-state index contributed by atoms with van der Waals surface area (Å²) in [5.41, 5.74) is 2.83. The van der Waals surface area contributed by atoms with E-state index in [0.717, 1.165) is 16.8 Å². The molecule has 0 unspecified atom stereocenters. The highest BCUT2D eigenvalue weighted by molar-refractivity contribution is 6.14. The normalized spacial score (nSPS) is 11.0. The van der Waals surface area contributed by atoms with Crippen LogP contribution in [-0.2, 0) is 6.42 Å². The number of hydrogen-bond donors (Lipinski definition) is 3. The summed E-state index contributed by atoms with van der Waals surface area (Å²) < 4.78 is 13.4. The summed E-state index contributed by atoms with van der Waals surface area (Å²) in [6.45, 7) is 0.913. The van der Waals surface area contributed by atoms with Gasteiger partial charge in [0.25, 0.3) is 11.8 Å². The zero-order chi connectivity index (χ0) is 28.1. The number of rotatable bonds is 9. The van der Waals surface area contributed by atoms with Gasteiger partial charge in [0.15, 0.2) is 11.4 Å². The van der Waals surface area contributed by atoms with Crippen molar-refractivity contribution < 1.29 is 19.1 Å². The molecule has 3 N–H and O–H groups in total. The van der Waals surface area contributed by atoms with Gasteiger partial charge in [-0.25, -0.2) is 9.37 Å². The van der Waals surface area contributed by atoms with E-state index in [1.807, 2.05) is 50.1 Å². The molecule has 2 heterocycles. The Morgan fingerprint density at radius 2 is 1.62 bits per heavy atom. The standard InChI is InChI=1S/C29H31FN6O3/c1-35(2)14-13-31-28(38)26-27(37)24-23(16-19(17-32-24)15-18-5-7-20(30)8-6-18)25(34-26)29(39)33-21-9-11-22(12-10-21)36(3)4/h5-12,16-17,37H,13-15H2,1-4H3,(H,31,38)(H,33,39). The number of carbonyl (C=O) groups is 2. The predicted molar refractivity (Wildman–Crippen MR) is 150 cm³/mol. The van der Waals surface area contributed by atoms with Crippen molar-refractivity contribution in [2.45, 2.75) is 6.42 Å². The Labute approximate surface area is 226 Å². The second-order valence-corrected chi connectivity index (χ2v) is 9.66. The van der Waals surface area contributed by atoms with Gasteiger partial charge in [-0.15, -0.1) is 0 Å². The number of likely N-dealkylation sites (N-methyl/N-ethyl adjacent to an activating group) is 1. The maximum Gasteiger partial charge on any atom is 0.274 e. The highest BCUT2D eigenvalue weighted by atomic mass is 19.1. The summed E-state index contributed by atoms with van der Waals surface area (Å²) >= 11 is 0. The smallest absolute Gasteiger partial charge is 0.274 e. The first-order valence-corrected chi connectivity index (χ1v) is 12.4. The minimum Gasteiger partial charge on any atom is -0.504 e. The molecule has 10 heteroatoms. The topological polar surface area (TPSA) is 111 Å². The molecule has 0 saturated heterocycles. The number of anilines is 2. The number of aromatic nitrogens is 2. The Morgan fingerprint density at radius 1 is 0.923 bits per heavy atom. The summed E-state index contributed by atoms with van der Waals surface area (Å²) in [6, 6.07) is 15.1. The lowest BCUT2D eigenvalue weighted by Gasteiger charge is -2.15. The molecule has 2 aromatic carbocycles. The third kappa shape index (κ3) is 6.66. The monoisotopic (exact) mass is 530 g/mol. The largest absolute Gasteiger partial charge is 0.504 e. The molecule has 39 heavy (non-hydrogen) atoms. The molecule has 0 aliphatic carbocycles. The molecule has 2 amide bonds. The maximum atomic E-state index is 13.5. The number of nitrogens with zero attached hydrogens (tertiary/aromatic N) is 4. The van der Waals surface area contributed by atoms with Crippen LogP contribution in [0.15, 0.2) is 60.8 Å². The number of fused-ring (bicyclic) bond motifs is 1. The number of aromatic hydroxyl groups is 1. The Balaban J connectivity index is 1.73. The minimum atomic E-state index is -0.613. The lowest BCUT2D eigenvalue weighted by molar-refractivity contribution is 0.0943. The van der Waals surface area contributed by atoms with E-state index in [1.165, 1.54) is 12.1 Å². The number of halogens is 1. The number of carbonyl (C=O) groups excluding carboxylic acids is 2. The molecule has 202 valence electrons. The second-order valence-electron chi connectivity index (χ2n) is 9.66. The van der Waals surface area contributed by atoms with Crippen molar-refractivity contribution in [2.24, 2.45) is 0 Å². The summed E-state index contributed by atoms with van der Waals surface area (Å²) in [7, 11) is 7.58. The van der Waals surface area contributed by atoms with Gasteiger partial charge in [-0.2, -0.15) is 0 Å². The molecular formula is C29H31FN6O3. The van der Waals surface area contributed by atoms with Gasteiger partial charge in [-0.1, -0.05) is 12.1 Å². The SMILES string of the molecule is CN(C)CCNC(=O)c1nc(C(=O)Nc2ccc(N(C)C)cc2)c2cc(Cc3ccc(F)cc3)cnc2c1O. The van der Waals surface area contributed by atoms with Crippen molar-refractivity contribution in [3.63, 3.8) is 0 Å². The van der Waals surface area contributed by atoms with Crippen LogP contribution in [0.3, 0.4) is 0 Å². The van der Waals surface area contributed by atoms with Crippen LogP contribution in [0.25, 0.3) is 10.9 Å². The molecule has 0 aliphatic heterocycles. The fourth-order valence-corrected chi connectivity index (χ4v) is 3.99. The molecule has 0 atom stereocenters. The molecule has 4 aromatic rings. The third-order valence-corrected chi connectivity index (χ3v) is 6.11. The number of pyridine rings is 2. The van der Waals surface area contributed by atoms with E-state index in [0.29, 0.717) is 30.6 Å². The van der Waals surface area contributed by atoms with Gasteiger partial charge in [-0.3, -0.25) is 14.6 Å². The number of nitrogens with one attached hydrogen (secondary N) is 2. The van der Waals surface area contributed by atoms with Crippen LogP contribution in [0.4, 0.5) is 15.8 Å². The van der Waals surface area contributed by atoms with Gasteiger partial charge in [0.1, 0.15) is 17.0 Å². The fraction of sp³-hybridized carbons (Fsp3) is 0.241.